The number of nitrogens with zero attached hydrogens (tertiary/aromatic N) is 2. The molecule has 0 radical (unpaired) electrons. The van der Waals surface area contributed by atoms with Crippen LogP contribution in [0.1, 0.15) is 28.7 Å². The zero-order valence-electron chi connectivity index (χ0n) is 19.5. The van der Waals surface area contributed by atoms with Crippen molar-refractivity contribution >= 4 is 15.6 Å². The SMILES string of the molecule is C=C(CCO)C(=O)CS(=O)(=O)Cc1ccc(-c2ccc(C#N)c(OCc3cccc(C#N)c3)c2)cc1. The maximum absolute atomic E-state index is 12.4. The van der Waals surface area contributed by atoms with Crippen LogP contribution in [0.3, 0.4) is 0 Å². The lowest BCUT2D eigenvalue weighted by Gasteiger charge is -2.11. The monoisotopic (exact) mass is 500 g/mol. The predicted molar refractivity (Wildman–Crippen MR) is 135 cm³/mol. The summed E-state index contributed by atoms with van der Waals surface area (Å²) in [5.74, 6) is -1.15. The zero-order valence-corrected chi connectivity index (χ0v) is 20.3. The first-order valence-corrected chi connectivity index (χ1v) is 12.8. The van der Waals surface area contributed by atoms with Crippen LogP contribution in [0.5, 0.6) is 5.75 Å². The van der Waals surface area contributed by atoms with Gasteiger partial charge < -0.3 is 9.84 Å². The molecule has 3 aromatic rings. The van der Waals surface area contributed by atoms with Crippen LogP contribution in [-0.2, 0) is 27.0 Å². The van der Waals surface area contributed by atoms with Crippen molar-refractivity contribution in [2.45, 2.75) is 18.8 Å². The van der Waals surface area contributed by atoms with Crippen molar-refractivity contribution in [2.24, 2.45) is 0 Å². The molecule has 8 heteroatoms. The van der Waals surface area contributed by atoms with Gasteiger partial charge in [-0.15, -0.1) is 0 Å². The summed E-state index contributed by atoms with van der Waals surface area (Å²) in [6.45, 7) is 3.45. The van der Waals surface area contributed by atoms with Crippen LogP contribution in [0.2, 0.25) is 0 Å². The Hall–Kier alpha value is -4.24. The van der Waals surface area contributed by atoms with E-state index < -0.39 is 21.4 Å². The van der Waals surface area contributed by atoms with E-state index in [0.717, 1.165) is 16.7 Å². The number of Topliss-reactive ketones (excluding diaryl/α,β-unsaturated/α-hetero) is 1. The van der Waals surface area contributed by atoms with E-state index in [4.69, 9.17) is 15.1 Å². The van der Waals surface area contributed by atoms with Crippen LogP contribution < -0.4 is 4.74 Å². The van der Waals surface area contributed by atoms with Crippen molar-refractivity contribution in [3.8, 4) is 29.0 Å². The molecule has 3 aromatic carbocycles. The molecule has 36 heavy (non-hydrogen) atoms. The van der Waals surface area contributed by atoms with Gasteiger partial charge in [-0.05, 0) is 58.5 Å². The number of hydrogen-bond acceptors (Lipinski definition) is 7. The highest BCUT2D eigenvalue weighted by atomic mass is 32.2. The highest BCUT2D eigenvalue weighted by molar-refractivity contribution is 7.91. The Balaban J connectivity index is 1.73. The van der Waals surface area contributed by atoms with Crippen LogP contribution in [0.25, 0.3) is 11.1 Å². The van der Waals surface area contributed by atoms with E-state index in [2.05, 4.69) is 18.7 Å². The topological polar surface area (TPSA) is 128 Å². The Kier molecular flexibility index (Phi) is 8.75. The molecular formula is C28H24N2O5S. The number of nitriles is 2. The minimum atomic E-state index is -3.70. The van der Waals surface area contributed by atoms with Crippen LogP contribution in [0.15, 0.2) is 78.9 Å². The Morgan fingerprint density at radius 2 is 1.67 bits per heavy atom. The quantitative estimate of drug-likeness (QED) is 0.393. The van der Waals surface area contributed by atoms with E-state index in [1.54, 1.807) is 60.7 Å². The smallest absolute Gasteiger partial charge is 0.173 e. The molecule has 182 valence electrons. The maximum atomic E-state index is 12.4. The molecule has 7 nitrogen and oxygen atoms in total. The number of ether oxygens (including phenoxy) is 1. The number of aliphatic hydroxyl groups excluding tert-OH is 1. The van der Waals surface area contributed by atoms with Crippen molar-refractivity contribution in [3.05, 3.63) is 101 Å². The number of aliphatic hydroxyl groups is 1. The van der Waals surface area contributed by atoms with Gasteiger partial charge >= 0.3 is 0 Å². The molecular weight excluding hydrogens is 476 g/mol. The highest BCUT2D eigenvalue weighted by Crippen LogP contribution is 2.28. The number of ketones is 1. The summed E-state index contributed by atoms with van der Waals surface area (Å²) in [6, 6.07) is 23.2. The molecule has 0 fully saturated rings. The van der Waals surface area contributed by atoms with E-state index in [9.17, 15) is 18.5 Å². The van der Waals surface area contributed by atoms with E-state index >= 15 is 0 Å². The molecule has 0 aromatic heterocycles. The number of hydrogen-bond donors (Lipinski definition) is 1. The van der Waals surface area contributed by atoms with Gasteiger partial charge in [-0.1, -0.05) is 49.0 Å². The molecule has 0 heterocycles. The fraction of sp³-hybridized carbons (Fsp3) is 0.179. The van der Waals surface area contributed by atoms with Gasteiger partial charge in [0, 0.05) is 6.61 Å². The standard InChI is InChI=1S/C28H24N2O5S/c1-20(11-12-31)27(32)19-36(33,34)18-21-5-7-24(8-6-21)25-9-10-26(16-30)28(14-25)35-17-23-4-2-3-22(13-23)15-29/h2-10,13-14,31H,1,11-12,17-19H2. The number of carbonyl (C=O) groups is 1. The second-order valence-corrected chi connectivity index (χ2v) is 10.2. The minimum absolute atomic E-state index is 0.0472. The summed E-state index contributed by atoms with van der Waals surface area (Å²) in [6.07, 6.45) is 0.0472. The van der Waals surface area contributed by atoms with Gasteiger partial charge in [0.2, 0.25) is 0 Å². The van der Waals surface area contributed by atoms with Gasteiger partial charge in [-0.25, -0.2) is 8.42 Å². The fourth-order valence-corrected chi connectivity index (χ4v) is 4.89. The molecule has 0 atom stereocenters. The molecule has 0 saturated heterocycles. The van der Waals surface area contributed by atoms with E-state index in [1.807, 2.05) is 6.07 Å². The number of rotatable bonds is 11. The van der Waals surface area contributed by atoms with Gasteiger partial charge in [-0.2, -0.15) is 10.5 Å². The first-order valence-electron chi connectivity index (χ1n) is 11.0. The molecule has 0 aliphatic heterocycles. The van der Waals surface area contributed by atoms with Crippen molar-refractivity contribution in [2.75, 3.05) is 12.4 Å². The number of carbonyl (C=O) groups excluding carboxylic acids is 1. The molecule has 0 amide bonds. The van der Waals surface area contributed by atoms with Crippen LogP contribution >= 0.6 is 0 Å². The predicted octanol–water partition coefficient (Wildman–Crippen LogP) is 4.10. The lowest BCUT2D eigenvalue weighted by atomic mass is 10.0. The van der Waals surface area contributed by atoms with Crippen LogP contribution in [0.4, 0.5) is 0 Å². The molecule has 0 saturated carbocycles. The lowest BCUT2D eigenvalue weighted by Crippen LogP contribution is -2.19. The second kappa shape index (κ2) is 11.9. The first-order chi connectivity index (χ1) is 17.2. The molecule has 0 aliphatic rings. The third kappa shape index (κ3) is 7.13. The van der Waals surface area contributed by atoms with Crippen molar-refractivity contribution < 1.29 is 23.1 Å². The Morgan fingerprint density at radius 3 is 2.33 bits per heavy atom. The van der Waals surface area contributed by atoms with E-state index in [1.165, 1.54) is 0 Å². The second-order valence-electron chi connectivity index (χ2n) is 8.15. The minimum Gasteiger partial charge on any atom is -0.487 e. The zero-order chi connectivity index (χ0) is 26.1. The molecule has 0 bridgehead atoms. The molecule has 1 N–H and O–H groups in total. The third-order valence-electron chi connectivity index (χ3n) is 5.39. The summed E-state index contributed by atoms with van der Waals surface area (Å²) < 4.78 is 30.7. The van der Waals surface area contributed by atoms with Crippen LogP contribution in [0, 0.1) is 22.7 Å². The maximum Gasteiger partial charge on any atom is 0.173 e. The Labute approximate surface area is 210 Å². The van der Waals surface area contributed by atoms with E-state index in [-0.39, 0.29) is 31.0 Å². The Morgan fingerprint density at radius 1 is 0.944 bits per heavy atom. The average Bonchev–Trinajstić information content (AvgIpc) is 2.87. The fourth-order valence-electron chi connectivity index (χ4n) is 3.48. The summed E-state index contributed by atoms with van der Waals surface area (Å²) in [4.78, 5) is 12.0. The van der Waals surface area contributed by atoms with E-state index in [0.29, 0.717) is 22.4 Å². The molecule has 3 rings (SSSR count). The van der Waals surface area contributed by atoms with Gasteiger partial charge in [0.1, 0.15) is 24.2 Å². The normalized spacial score (nSPS) is 10.8. The van der Waals surface area contributed by atoms with Gasteiger partial charge in [0.25, 0.3) is 0 Å². The summed E-state index contributed by atoms with van der Waals surface area (Å²) in [5.41, 5.74) is 3.88. The largest absolute Gasteiger partial charge is 0.487 e. The summed E-state index contributed by atoms with van der Waals surface area (Å²) in [7, 11) is -3.70. The molecule has 0 aliphatic carbocycles. The van der Waals surface area contributed by atoms with Crippen molar-refractivity contribution in [3.63, 3.8) is 0 Å². The first kappa shape index (κ1) is 26.4. The van der Waals surface area contributed by atoms with Crippen molar-refractivity contribution in [1.82, 2.24) is 0 Å². The number of sulfone groups is 1. The molecule has 0 unspecified atom stereocenters. The lowest BCUT2D eigenvalue weighted by molar-refractivity contribution is -0.113. The average molecular weight is 501 g/mol. The Bertz CT molecular complexity index is 1460. The summed E-state index contributed by atoms with van der Waals surface area (Å²) >= 11 is 0. The van der Waals surface area contributed by atoms with Crippen molar-refractivity contribution in [1.29, 1.82) is 10.5 Å². The van der Waals surface area contributed by atoms with Crippen LogP contribution in [-0.4, -0.2) is 31.7 Å². The summed E-state index contributed by atoms with van der Waals surface area (Å²) in [5, 5.41) is 27.4. The number of benzene rings is 3. The van der Waals surface area contributed by atoms with Gasteiger partial charge in [0.05, 0.1) is 22.9 Å². The third-order valence-corrected chi connectivity index (χ3v) is 6.86. The molecule has 0 spiro atoms. The van der Waals surface area contributed by atoms with Gasteiger partial charge in [0.15, 0.2) is 15.6 Å². The highest BCUT2D eigenvalue weighted by Gasteiger charge is 2.19. The van der Waals surface area contributed by atoms with Gasteiger partial charge in [-0.3, -0.25) is 4.79 Å².